The molecule has 0 aliphatic carbocycles. The highest BCUT2D eigenvalue weighted by molar-refractivity contribution is 5.80. The van der Waals surface area contributed by atoms with E-state index in [4.69, 9.17) is 14.3 Å². The van der Waals surface area contributed by atoms with Gasteiger partial charge in [0, 0.05) is 6.54 Å². The lowest BCUT2D eigenvalue weighted by molar-refractivity contribution is -0.186. The van der Waals surface area contributed by atoms with E-state index in [0.29, 0.717) is 13.0 Å². The Labute approximate surface area is 99.3 Å². The topological polar surface area (TPSA) is 48.0 Å². The zero-order valence-electron chi connectivity index (χ0n) is 9.55. The molecule has 0 amide bonds. The molecule has 92 valence electrons. The average molecular weight is 237 g/mol. The number of ether oxygens (including phenoxy) is 2. The van der Waals surface area contributed by atoms with E-state index in [0.717, 1.165) is 19.4 Å². The van der Waals surface area contributed by atoms with Gasteiger partial charge in [-0.15, -0.1) is 6.58 Å². The van der Waals surface area contributed by atoms with Crippen LogP contribution in [0.1, 0.15) is 19.3 Å². The van der Waals surface area contributed by atoms with Crippen molar-refractivity contribution in [1.29, 1.82) is 0 Å². The number of hydrogen-bond acceptors (Lipinski definition) is 5. The van der Waals surface area contributed by atoms with E-state index in [1.54, 1.807) is 0 Å². The Balaban J connectivity index is 1.90. The summed E-state index contributed by atoms with van der Waals surface area (Å²) in [6, 6.07) is 0. The molecule has 4 heterocycles. The van der Waals surface area contributed by atoms with Gasteiger partial charge in [-0.1, -0.05) is 6.08 Å². The van der Waals surface area contributed by atoms with Crippen molar-refractivity contribution in [2.24, 2.45) is 5.41 Å². The summed E-state index contributed by atoms with van der Waals surface area (Å²) in [4.78, 5) is 17.7. The van der Waals surface area contributed by atoms with E-state index < -0.39 is 12.4 Å². The Hall–Kier alpha value is -0.910. The first-order chi connectivity index (χ1) is 8.24. The maximum absolute atomic E-state index is 11.9. The lowest BCUT2D eigenvalue weighted by Gasteiger charge is -2.35. The maximum Gasteiger partial charge on any atom is 0.340 e. The second kappa shape index (κ2) is 2.91. The fourth-order valence-electron chi connectivity index (χ4n) is 4.11. The smallest absolute Gasteiger partial charge is 0.340 e. The van der Waals surface area contributed by atoms with Gasteiger partial charge in [0.2, 0.25) is 6.29 Å². The van der Waals surface area contributed by atoms with E-state index in [-0.39, 0.29) is 16.9 Å². The molecule has 4 aliphatic heterocycles. The number of allylic oxidation sites excluding steroid dienone is 1. The Bertz CT molecular complexity index is 411. The molecule has 5 heteroatoms. The van der Waals surface area contributed by atoms with Crippen LogP contribution in [0.2, 0.25) is 0 Å². The number of hydroxylamine groups is 2. The summed E-state index contributed by atoms with van der Waals surface area (Å²) in [5, 5.41) is 1.97. The predicted octanol–water partition coefficient (Wildman–Crippen LogP) is 0.610. The molecule has 4 aliphatic rings. The van der Waals surface area contributed by atoms with Crippen LogP contribution in [0.5, 0.6) is 0 Å². The minimum atomic E-state index is -0.506. The number of carbonyl (C=O) groups excluding carboxylic acids is 1. The molecule has 0 saturated carbocycles. The van der Waals surface area contributed by atoms with Crippen molar-refractivity contribution in [1.82, 2.24) is 5.06 Å². The van der Waals surface area contributed by atoms with Gasteiger partial charge >= 0.3 is 5.97 Å². The molecule has 4 fully saturated rings. The Kier molecular flexibility index (Phi) is 1.72. The van der Waals surface area contributed by atoms with Crippen LogP contribution in [0.3, 0.4) is 0 Å². The molecule has 4 saturated heterocycles. The largest absolute Gasteiger partial charge is 0.433 e. The Morgan fingerprint density at radius 3 is 3.29 bits per heavy atom. The van der Waals surface area contributed by atoms with Crippen molar-refractivity contribution >= 4 is 5.97 Å². The minimum Gasteiger partial charge on any atom is -0.433 e. The van der Waals surface area contributed by atoms with E-state index in [1.165, 1.54) is 0 Å². The molecular formula is C12H15NO4. The third-order valence-corrected chi connectivity index (χ3v) is 4.81. The summed E-state index contributed by atoms with van der Waals surface area (Å²) < 4.78 is 11.0. The Morgan fingerprint density at radius 2 is 2.47 bits per heavy atom. The number of nitrogens with zero attached hydrogens (tertiary/aromatic N) is 1. The molecule has 0 aromatic heterocycles. The molecule has 4 rings (SSSR count). The molecule has 1 spiro atoms. The first-order valence-electron chi connectivity index (χ1n) is 6.12. The maximum atomic E-state index is 11.9. The van der Waals surface area contributed by atoms with Gasteiger partial charge in [0.05, 0.1) is 17.6 Å². The fraction of sp³-hybridized carbons (Fsp3) is 0.750. The second-order valence-corrected chi connectivity index (χ2v) is 5.34. The number of esters is 1. The van der Waals surface area contributed by atoms with E-state index in [9.17, 15) is 4.79 Å². The third kappa shape index (κ3) is 0.852. The van der Waals surface area contributed by atoms with E-state index in [2.05, 4.69) is 6.58 Å². The van der Waals surface area contributed by atoms with Gasteiger partial charge < -0.3 is 9.47 Å². The summed E-state index contributed by atoms with van der Waals surface area (Å²) >= 11 is 0. The fourth-order valence-corrected chi connectivity index (χ4v) is 4.11. The van der Waals surface area contributed by atoms with Gasteiger partial charge in [-0.3, -0.25) is 4.84 Å². The van der Waals surface area contributed by atoms with Crippen molar-refractivity contribution in [3.63, 3.8) is 0 Å². The third-order valence-electron chi connectivity index (χ3n) is 4.81. The van der Waals surface area contributed by atoms with Crippen LogP contribution < -0.4 is 0 Å². The predicted molar refractivity (Wildman–Crippen MR) is 56.6 cm³/mol. The van der Waals surface area contributed by atoms with Gasteiger partial charge in [-0.25, -0.2) is 4.79 Å². The first kappa shape index (κ1) is 10.1. The minimum absolute atomic E-state index is 0.178. The molecule has 0 N–H and O–H groups in total. The molecular weight excluding hydrogens is 222 g/mol. The highest BCUT2D eigenvalue weighted by atomic mass is 16.8. The summed E-state index contributed by atoms with van der Waals surface area (Å²) in [5.74, 6) is -0.287. The molecule has 0 aromatic carbocycles. The van der Waals surface area contributed by atoms with E-state index >= 15 is 0 Å². The number of rotatable bonds is 2. The first-order valence-corrected chi connectivity index (χ1v) is 6.12. The quantitative estimate of drug-likeness (QED) is 0.520. The molecule has 1 unspecified atom stereocenters. The van der Waals surface area contributed by atoms with Gasteiger partial charge in [-0.2, -0.15) is 5.06 Å². The molecule has 0 aromatic rings. The normalized spacial score (nSPS) is 51.4. The van der Waals surface area contributed by atoms with Gasteiger partial charge in [0.25, 0.3) is 0 Å². The zero-order chi connectivity index (χ0) is 11.7. The number of hydrogen-bond donors (Lipinski definition) is 0. The van der Waals surface area contributed by atoms with Crippen molar-refractivity contribution in [2.75, 3.05) is 13.2 Å². The molecule has 4 atom stereocenters. The lowest BCUT2D eigenvalue weighted by atomic mass is 9.66. The monoisotopic (exact) mass is 237 g/mol. The van der Waals surface area contributed by atoms with Crippen molar-refractivity contribution in [2.45, 2.75) is 37.2 Å². The van der Waals surface area contributed by atoms with Gasteiger partial charge in [0.15, 0.2) is 6.10 Å². The van der Waals surface area contributed by atoms with Crippen LogP contribution in [0.4, 0.5) is 0 Å². The average Bonchev–Trinajstić information content (AvgIpc) is 2.94. The Morgan fingerprint density at radius 1 is 1.59 bits per heavy atom. The lowest BCUT2D eigenvalue weighted by Crippen LogP contribution is -2.52. The van der Waals surface area contributed by atoms with Crippen molar-refractivity contribution < 1.29 is 19.1 Å². The summed E-state index contributed by atoms with van der Waals surface area (Å²) in [7, 11) is 0. The van der Waals surface area contributed by atoms with Crippen LogP contribution in [-0.2, 0) is 19.1 Å². The zero-order valence-corrected chi connectivity index (χ0v) is 9.55. The molecule has 17 heavy (non-hydrogen) atoms. The van der Waals surface area contributed by atoms with Crippen LogP contribution in [0, 0.1) is 5.41 Å². The molecule has 5 nitrogen and oxygen atoms in total. The summed E-state index contributed by atoms with van der Waals surface area (Å²) in [5.41, 5.74) is -0.551. The van der Waals surface area contributed by atoms with E-state index in [1.807, 2.05) is 11.1 Å². The van der Waals surface area contributed by atoms with Crippen LogP contribution >= 0.6 is 0 Å². The molecule has 0 radical (unpaired) electrons. The second-order valence-electron chi connectivity index (χ2n) is 5.34. The summed E-state index contributed by atoms with van der Waals surface area (Å²) in [6.07, 6.45) is 3.67. The SMILES string of the molecule is C=CC[C@@]12C3OC[C@@]14CCCN4O[C@@H]2C(=O)O3. The number of carbonyl (C=O) groups is 1. The van der Waals surface area contributed by atoms with Gasteiger partial charge in [0.1, 0.15) is 0 Å². The van der Waals surface area contributed by atoms with Crippen LogP contribution in [0.25, 0.3) is 0 Å². The van der Waals surface area contributed by atoms with Gasteiger partial charge in [-0.05, 0) is 19.3 Å². The molecule has 0 bridgehead atoms. The van der Waals surface area contributed by atoms with Crippen LogP contribution in [0.15, 0.2) is 12.7 Å². The highest BCUT2D eigenvalue weighted by Gasteiger charge is 2.79. The highest BCUT2D eigenvalue weighted by Crippen LogP contribution is 2.64. The van der Waals surface area contributed by atoms with Crippen molar-refractivity contribution in [3.05, 3.63) is 12.7 Å². The summed E-state index contributed by atoms with van der Waals surface area (Å²) in [6.45, 7) is 5.28. The van der Waals surface area contributed by atoms with Crippen molar-refractivity contribution in [3.8, 4) is 0 Å². The van der Waals surface area contributed by atoms with Crippen LogP contribution in [-0.4, -0.2) is 42.1 Å². The standard InChI is InChI=1S/C12H15NO4/c1-2-4-12-8-9(14)16-10(12)15-7-11(12)5-3-6-13(11)17-8/h2,8,10H,1,3-7H2/t8-,10?,11+,12-/m1/s1.